The highest BCUT2D eigenvalue weighted by Crippen LogP contribution is 2.25. The minimum Gasteiger partial charge on any atom is -0.189 e. The predicted octanol–water partition coefficient (Wildman–Crippen LogP) is 3.48. The number of halogens is 1. The standard InChI is InChI=1S/C14H11FO2S/c15-18(16,17)14(13-9-5-2-6-10-13)11-12-7-3-1-4-8-12/h1-11H/b14-11-. The molecular formula is C14H11FO2S. The molecule has 0 saturated carbocycles. The lowest BCUT2D eigenvalue weighted by Crippen LogP contribution is -1.95. The van der Waals surface area contributed by atoms with Crippen LogP contribution in [0.2, 0.25) is 0 Å². The summed E-state index contributed by atoms with van der Waals surface area (Å²) in [6.45, 7) is 0. The molecule has 0 saturated heterocycles. The Bertz CT molecular complexity index is 647. The van der Waals surface area contributed by atoms with Crippen LogP contribution in [0.1, 0.15) is 11.1 Å². The molecule has 2 aromatic carbocycles. The van der Waals surface area contributed by atoms with E-state index in [1.54, 1.807) is 54.6 Å². The zero-order valence-electron chi connectivity index (χ0n) is 9.45. The summed E-state index contributed by atoms with van der Waals surface area (Å²) < 4.78 is 35.7. The van der Waals surface area contributed by atoms with Crippen LogP contribution in [-0.2, 0) is 10.2 Å². The number of benzene rings is 2. The summed E-state index contributed by atoms with van der Waals surface area (Å²) in [4.78, 5) is -0.325. The minimum atomic E-state index is -4.76. The Morgan fingerprint density at radius 3 is 1.89 bits per heavy atom. The van der Waals surface area contributed by atoms with Crippen molar-refractivity contribution >= 4 is 21.2 Å². The van der Waals surface area contributed by atoms with Crippen LogP contribution in [0.15, 0.2) is 60.7 Å². The van der Waals surface area contributed by atoms with Gasteiger partial charge in [-0.2, -0.15) is 8.42 Å². The maximum Gasteiger partial charge on any atom is 0.332 e. The monoisotopic (exact) mass is 262 g/mol. The van der Waals surface area contributed by atoms with Gasteiger partial charge in [0.15, 0.2) is 0 Å². The van der Waals surface area contributed by atoms with Crippen molar-refractivity contribution in [3.05, 3.63) is 71.8 Å². The van der Waals surface area contributed by atoms with Crippen molar-refractivity contribution < 1.29 is 12.3 Å². The van der Waals surface area contributed by atoms with Crippen LogP contribution in [0.5, 0.6) is 0 Å². The van der Waals surface area contributed by atoms with Gasteiger partial charge in [0.25, 0.3) is 0 Å². The third-order valence-electron chi connectivity index (χ3n) is 2.42. The molecule has 18 heavy (non-hydrogen) atoms. The van der Waals surface area contributed by atoms with E-state index in [4.69, 9.17) is 0 Å². The summed E-state index contributed by atoms with van der Waals surface area (Å²) in [5, 5.41) is 0. The molecule has 0 amide bonds. The van der Waals surface area contributed by atoms with Crippen LogP contribution in [0, 0.1) is 0 Å². The summed E-state index contributed by atoms with van der Waals surface area (Å²) in [6, 6.07) is 17.0. The van der Waals surface area contributed by atoms with E-state index < -0.39 is 10.2 Å². The van der Waals surface area contributed by atoms with Gasteiger partial charge in [-0.05, 0) is 17.2 Å². The van der Waals surface area contributed by atoms with Gasteiger partial charge in [-0.3, -0.25) is 0 Å². The van der Waals surface area contributed by atoms with Gasteiger partial charge in [-0.25, -0.2) is 0 Å². The Hall–Kier alpha value is -1.94. The zero-order chi connectivity index (χ0) is 13.0. The molecule has 92 valence electrons. The molecule has 0 N–H and O–H groups in total. The van der Waals surface area contributed by atoms with E-state index in [1.165, 1.54) is 6.08 Å². The molecule has 0 spiro atoms. The van der Waals surface area contributed by atoms with Crippen LogP contribution in [0.3, 0.4) is 0 Å². The molecule has 0 aliphatic heterocycles. The topological polar surface area (TPSA) is 34.1 Å². The van der Waals surface area contributed by atoms with Gasteiger partial charge >= 0.3 is 10.2 Å². The molecule has 2 nitrogen and oxygen atoms in total. The summed E-state index contributed by atoms with van der Waals surface area (Å²) in [5.41, 5.74) is 0.974. The summed E-state index contributed by atoms with van der Waals surface area (Å²) >= 11 is 0. The molecule has 2 aromatic rings. The van der Waals surface area contributed by atoms with Gasteiger partial charge in [-0.1, -0.05) is 60.7 Å². The van der Waals surface area contributed by atoms with Crippen LogP contribution < -0.4 is 0 Å². The van der Waals surface area contributed by atoms with Crippen molar-refractivity contribution in [1.29, 1.82) is 0 Å². The molecule has 2 rings (SSSR count). The average molecular weight is 262 g/mol. The predicted molar refractivity (Wildman–Crippen MR) is 70.8 cm³/mol. The maximum atomic E-state index is 13.3. The quantitative estimate of drug-likeness (QED) is 0.627. The number of rotatable bonds is 3. The van der Waals surface area contributed by atoms with E-state index in [0.717, 1.165) is 0 Å². The molecule has 0 unspecified atom stereocenters. The first kappa shape index (κ1) is 12.5. The molecule has 0 aliphatic rings. The normalized spacial score (nSPS) is 12.4. The molecule has 0 heterocycles. The highest BCUT2D eigenvalue weighted by atomic mass is 32.3. The van der Waals surface area contributed by atoms with Crippen molar-refractivity contribution in [2.24, 2.45) is 0 Å². The molecule has 4 heteroatoms. The van der Waals surface area contributed by atoms with Gasteiger partial charge in [0.05, 0.1) is 0 Å². The molecule has 0 aromatic heterocycles. The maximum absolute atomic E-state index is 13.3. The summed E-state index contributed by atoms with van der Waals surface area (Å²) in [6.07, 6.45) is 1.32. The Balaban J connectivity index is 2.56. The Morgan fingerprint density at radius 1 is 0.889 bits per heavy atom. The fourth-order valence-corrected chi connectivity index (χ4v) is 2.29. The Labute approximate surface area is 106 Å². The first-order valence-electron chi connectivity index (χ1n) is 5.34. The first-order valence-corrected chi connectivity index (χ1v) is 6.72. The largest absolute Gasteiger partial charge is 0.332 e. The second-order valence-corrected chi connectivity index (χ2v) is 5.04. The van der Waals surface area contributed by atoms with Crippen molar-refractivity contribution in [1.82, 2.24) is 0 Å². The van der Waals surface area contributed by atoms with Crippen molar-refractivity contribution in [3.63, 3.8) is 0 Å². The minimum absolute atomic E-state index is 0.325. The van der Waals surface area contributed by atoms with Crippen LogP contribution >= 0.6 is 0 Å². The van der Waals surface area contributed by atoms with E-state index in [9.17, 15) is 12.3 Å². The molecular weight excluding hydrogens is 251 g/mol. The number of hydrogen-bond acceptors (Lipinski definition) is 2. The van der Waals surface area contributed by atoms with E-state index in [1.807, 2.05) is 6.07 Å². The van der Waals surface area contributed by atoms with Crippen LogP contribution in [0.25, 0.3) is 11.0 Å². The fourth-order valence-electron chi connectivity index (χ4n) is 1.60. The third-order valence-corrected chi connectivity index (χ3v) is 3.30. The van der Waals surface area contributed by atoms with Gasteiger partial charge < -0.3 is 0 Å². The second-order valence-electron chi connectivity index (χ2n) is 3.72. The third kappa shape index (κ3) is 3.05. The van der Waals surface area contributed by atoms with Gasteiger partial charge in [0.2, 0.25) is 0 Å². The summed E-state index contributed by atoms with van der Waals surface area (Å²) in [5.74, 6) is 0. The first-order chi connectivity index (χ1) is 8.57. The molecule has 0 aliphatic carbocycles. The van der Waals surface area contributed by atoms with Gasteiger partial charge in [0, 0.05) is 0 Å². The fraction of sp³-hybridized carbons (Fsp3) is 0. The number of hydrogen-bond donors (Lipinski definition) is 0. The lowest BCUT2D eigenvalue weighted by Gasteiger charge is -2.03. The Morgan fingerprint density at radius 2 is 1.39 bits per heavy atom. The second kappa shape index (κ2) is 5.14. The van der Waals surface area contributed by atoms with Crippen molar-refractivity contribution in [3.8, 4) is 0 Å². The van der Waals surface area contributed by atoms with Crippen molar-refractivity contribution in [2.75, 3.05) is 0 Å². The van der Waals surface area contributed by atoms with E-state index in [2.05, 4.69) is 0 Å². The smallest absolute Gasteiger partial charge is 0.189 e. The molecule has 0 atom stereocenters. The van der Waals surface area contributed by atoms with E-state index in [-0.39, 0.29) is 4.91 Å². The summed E-state index contributed by atoms with van der Waals surface area (Å²) in [7, 11) is -4.76. The Kier molecular flexibility index (Phi) is 3.58. The molecule has 0 bridgehead atoms. The lowest BCUT2D eigenvalue weighted by molar-refractivity contribution is 0.564. The van der Waals surface area contributed by atoms with Gasteiger partial charge in [0.1, 0.15) is 4.91 Å². The van der Waals surface area contributed by atoms with Gasteiger partial charge in [-0.15, -0.1) is 3.89 Å². The highest BCUT2D eigenvalue weighted by Gasteiger charge is 2.17. The zero-order valence-corrected chi connectivity index (χ0v) is 10.3. The van der Waals surface area contributed by atoms with Crippen molar-refractivity contribution in [2.45, 2.75) is 0 Å². The highest BCUT2D eigenvalue weighted by molar-refractivity contribution is 7.96. The van der Waals surface area contributed by atoms with E-state index in [0.29, 0.717) is 11.1 Å². The SMILES string of the molecule is O=S(=O)(F)/C(=C\c1ccccc1)c1ccccc1. The van der Waals surface area contributed by atoms with Crippen LogP contribution in [-0.4, -0.2) is 8.42 Å². The molecule has 0 radical (unpaired) electrons. The average Bonchev–Trinajstić information content (AvgIpc) is 2.37. The molecule has 0 fully saturated rings. The van der Waals surface area contributed by atoms with Crippen LogP contribution in [0.4, 0.5) is 3.89 Å². The van der Waals surface area contributed by atoms with E-state index >= 15 is 0 Å². The lowest BCUT2D eigenvalue weighted by atomic mass is 10.1.